The fraction of sp³-hybridized carbons (Fsp3) is 0.474. The molecule has 1 saturated carbocycles. The van der Waals surface area contributed by atoms with Crippen molar-refractivity contribution in [2.24, 2.45) is 5.41 Å². The second-order valence-corrected chi connectivity index (χ2v) is 7.70. The van der Waals surface area contributed by atoms with Crippen molar-refractivity contribution in [3.8, 4) is 0 Å². The summed E-state index contributed by atoms with van der Waals surface area (Å²) < 4.78 is 14.7. The molecule has 2 heterocycles. The molecule has 152 valence electrons. The van der Waals surface area contributed by atoms with Crippen LogP contribution in [0.5, 0.6) is 0 Å². The van der Waals surface area contributed by atoms with Crippen molar-refractivity contribution in [1.82, 2.24) is 35.4 Å². The summed E-state index contributed by atoms with van der Waals surface area (Å²) in [5, 5.41) is 21.1. The number of benzene rings is 1. The molecule has 0 atom stereocenters. The van der Waals surface area contributed by atoms with Crippen LogP contribution in [0.4, 0.5) is 10.3 Å². The van der Waals surface area contributed by atoms with E-state index in [1.807, 2.05) is 0 Å². The maximum atomic E-state index is 13.0. The Morgan fingerprint density at radius 2 is 2.00 bits per heavy atom. The molecule has 1 aromatic carbocycles. The number of amides is 1. The Labute approximate surface area is 167 Å². The third-order valence-electron chi connectivity index (χ3n) is 5.41. The first-order chi connectivity index (χ1) is 14.1. The molecule has 0 unspecified atom stereocenters. The number of nitrogens with one attached hydrogen (secondary N) is 2. The minimum Gasteiger partial charge on any atom is -0.293 e. The summed E-state index contributed by atoms with van der Waals surface area (Å²) in [6, 6.07) is 6.20. The number of anilines is 1. The molecule has 9 nitrogen and oxygen atoms in total. The molecule has 0 spiro atoms. The van der Waals surface area contributed by atoms with Crippen LogP contribution in [0, 0.1) is 11.2 Å². The lowest BCUT2D eigenvalue weighted by Gasteiger charge is -2.36. The Hall–Kier alpha value is -3.17. The first kappa shape index (κ1) is 19.2. The van der Waals surface area contributed by atoms with Gasteiger partial charge in [-0.25, -0.2) is 9.07 Å². The van der Waals surface area contributed by atoms with Gasteiger partial charge in [-0.3, -0.25) is 15.2 Å². The predicted octanol–water partition coefficient (Wildman–Crippen LogP) is 2.50. The third-order valence-corrected chi connectivity index (χ3v) is 5.41. The van der Waals surface area contributed by atoms with Gasteiger partial charge in [-0.1, -0.05) is 31.4 Å². The minimum absolute atomic E-state index is 0.118. The summed E-state index contributed by atoms with van der Waals surface area (Å²) in [5.41, 5.74) is 0.744. The van der Waals surface area contributed by atoms with Crippen molar-refractivity contribution in [2.75, 3.05) is 5.32 Å². The summed E-state index contributed by atoms with van der Waals surface area (Å²) in [5.74, 6) is 0.457. The molecule has 2 N–H and O–H groups in total. The number of tetrazole rings is 1. The molecular formula is C19H23FN8O. The van der Waals surface area contributed by atoms with Gasteiger partial charge in [-0.2, -0.15) is 4.98 Å². The van der Waals surface area contributed by atoms with Gasteiger partial charge in [0.05, 0.1) is 6.54 Å². The van der Waals surface area contributed by atoms with Crippen molar-refractivity contribution in [3.63, 3.8) is 0 Å². The summed E-state index contributed by atoms with van der Waals surface area (Å²) in [6.07, 6.45) is 7.74. The van der Waals surface area contributed by atoms with E-state index in [1.165, 1.54) is 18.6 Å². The Morgan fingerprint density at radius 3 is 2.72 bits per heavy atom. The Kier molecular flexibility index (Phi) is 5.59. The number of aromatic nitrogens is 7. The quantitative estimate of drug-likeness (QED) is 0.632. The second-order valence-electron chi connectivity index (χ2n) is 7.70. The standard InChI is InChI=1S/C19H23FN8O/c20-15-6-4-14(5-7-15)10-16-22-18(25-24-16)23-17(29)11-19(8-2-1-3-9-19)12-28-13-21-26-27-28/h4-7,13H,1-3,8-12H2,(H2,22,23,24,25,29). The first-order valence-electron chi connectivity index (χ1n) is 9.77. The number of hydrogen-bond donors (Lipinski definition) is 2. The lowest BCUT2D eigenvalue weighted by molar-refractivity contribution is -0.119. The van der Waals surface area contributed by atoms with Gasteiger partial charge < -0.3 is 0 Å². The summed E-state index contributed by atoms with van der Waals surface area (Å²) in [7, 11) is 0. The normalized spacial score (nSPS) is 15.9. The Morgan fingerprint density at radius 1 is 1.21 bits per heavy atom. The zero-order chi connectivity index (χ0) is 20.1. The summed E-state index contributed by atoms with van der Waals surface area (Å²) >= 11 is 0. The second kappa shape index (κ2) is 8.46. The Bertz CT molecular complexity index is 932. The van der Waals surface area contributed by atoms with Crippen LogP contribution >= 0.6 is 0 Å². The van der Waals surface area contributed by atoms with Crippen LogP contribution < -0.4 is 5.32 Å². The van der Waals surface area contributed by atoms with Crippen molar-refractivity contribution < 1.29 is 9.18 Å². The summed E-state index contributed by atoms with van der Waals surface area (Å²) in [4.78, 5) is 17.0. The van der Waals surface area contributed by atoms with E-state index < -0.39 is 0 Å². The largest absolute Gasteiger partial charge is 0.293 e. The van der Waals surface area contributed by atoms with Crippen LogP contribution in [-0.4, -0.2) is 41.3 Å². The maximum absolute atomic E-state index is 13.0. The summed E-state index contributed by atoms with van der Waals surface area (Å²) in [6.45, 7) is 0.622. The molecule has 1 aliphatic rings. The van der Waals surface area contributed by atoms with Crippen molar-refractivity contribution in [3.05, 3.63) is 47.8 Å². The molecule has 2 aromatic heterocycles. The van der Waals surface area contributed by atoms with E-state index in [0.717, 1.165) is 31.2 Å². The number of halogens is 1. The zero-order valence-electron chi connectivity index (χ0n) is 16.0. The van der Waals surface area contributed by atoms with Gasteiger partial charge in [-0.15, -0.1) is 10.2 Å². The molecule has 0 bridgehead atoms. The SMILES string of the molecule is O=C(CC1(Cn2cnnn2)CCCCC1)Nc1n[nH]c(Cc2ccc(F)cc2)n1. The third kappa shape index (κ3) is 5.01. The fourth-order valence-electron chi connectivity index (χ4n) is 4.02. The van der Waals surface area contributed by atoms with Gasteiger partial charge in [0.2, 0.25) is 11.9 Å². The smallest absolute Gasteiger partial charge is 0.248 e. The molecule has 0 aliphatic heterocycles. The number of hydrogen-bond acceptors (Lipinski definition) is 6. The fourth-order valence-corrected chi connectivity index (χ4v) is 4.02. The first-order valence-corrected chi connectivity index (χ1v) is 9.77. The van der Waals surface area contributed by atoms with Gasteiger partial charge >= 0.3 is 0 Å². The van der Waals surface area contributed by atoms with Crippen LogP contribution in [0.2, 0.25) is 0 Å². The number of nitrogens with zero attached hydrogens (tertiary/aromatic N) is 6. The molecule has 1 amide bonds. The monoisotopic (exact) mass is 398 g/mol. The molecule has 1 fully saturated rings. The minimum atomic E-state index is -0.280. The topological polar surface area (TPSA) is 114 Å². The van der Waals surface area contributed by atoms with E-state index in [-0.39, 0.29) is 23.1 Å². The van der Waals surface area contributed by atoms with Gasteiger partial charge in [0.15, 0.2) is 0 Å². The lowest BCUT2D eigenvalue weighted by Crippen LogP contribution is -2.34. The highest BCUT2D eigenvalue weighted by atomic mass is 19.1. The number of H-pyrrole nitrogens is 1. The molecular weight excluding hydrogens is 375 g/mol. The molecule has 4 rings (SSSR count). The number of aromatic amines is 1. The van der Waals surface area contributed by atoms with Gasteiger partial charge in [0.25, 0.3) is 0 Å². The molecule has 29 heavy (non-hydrogen) atoms. The van der Waals surface area contributed by atoms with Crippen LogP contribution in [-0.2, 0) is 17.8 Å². The van der Waals surface area contributed by atoms with E-state index in [2.05, 4.69) is 36.0 Å². The van der Waals surface area contributed by atoms with Gasteiger partial charge in [0, 0.05) is 12.8 Å². The van der Waals surface area contributed by atoms with Crippen LogP contribution in [0.15, 0.2) is 30.6 Å². The zero-order valence-corrected chi connectivity index (χ0v) is 16.0. The highest BCUT2D eigenvalue weighted by molar-refractivity contribution is 5.89. The van der Waals surface area contributed by atoms with Gasteiger partial charge in [0.1, 0.15) is 18.0 Å². The van der Waals surface area contributed by atoms with Crippen molar-refractivity contribution >= 4 is 11.9 Å². The molecule has 0 saturated heterocycles. The number of carbonyl (C=O) groups excluding carboxylic acids is 1. The van der Waals surface area contributed by atoms with E-state index in [9.17, 15) is 9.18 Å². The van der Waals surface area contributed by atoms with E-state index >= 15 is 0 Å². The van der Waals surface area contributed by atoms with Gasteiger partial charge in [-0.05, 0) is 46.4 Å². The number of rotatable bonds is 7. The Balaban J connectivity index is 1.38. The van der Waals surface area contributed by atoms with E-state index in [0.29, 0.717) is 25.2 Å². The molecule has 1 aliphatic carbocycles. The highest BCUT2D eigenvalue weighted by Gasteiger charge is 2.35. The van der Waals surface area contributed by atoms with E-state index in [4.69, 9.17) is 0 Å². The highest BCUT2D eigenvalue weighted by Crippen LogP contribution is 2.40. The molecule has 3 aromatic rings. The van der Waals surface area contributed by atoms with Crippen molar-refractivity contribution in [2.45, 2.75) is 51.5 Å². The average molecular weight is 398 g/mol. The van der Waals surface area contributed by atoms with Crippen molar-refractivity contribution in [1.29, 1.82) is 0 Å². The molecule has 0 radical (unpaired) electrons. The predicted molar refractivity (Wildman–Crippen MR) is 102 cm³/mol. The number of carbonyl (C=O) groups is 1. The van der Waals surface area contributed by atoms with Crippen LogP contribution in [0.1, 0.15) is 49.9 Å². The van der Waals surface area contributed by atoms with Crippen LogP contribution in [0.25, 0.3) is 0 Å². The molecule has 10 heteroatoms. The van der Waals surface area contributed by atoms with E-state index in [1.54, 1.807) is 23.1 Å². The van der Waals surface area contributed by atoms with Crippen LogP contribution in [0.3, 0.4) is 0 Å². The maximum Gasteiger partial charge on any atom is 0.248 e. The lowest BCUT2D eigenvalue weighted by atomic mass is 9.71. The average Bonchev–Trinajstić information content (AvgIpc) is 3.36.